The van der Waals surface area contributed by atoms with Gasteiger partial charge in [-0.25, -0.2) is 4.68 Å². The van der Waals surface area contributed by atoms with Crippen LogP contribution in [0.25, 0.3) is 0 Å². The standard InChI is InChI=1S/C11H19N5O/c1-8(17)12-10-13-9-7-15(11(2,3)4)5-6-16(9)14-10/h5-7H2,1-4H3,(H,12,14,17). The van der Waals surface area contributed by atoms with E-state index < -0.39 is 0 Å². The molecule has 6 heteroatoms. The minimum absolute atomic E-state index is 0.130. The van der Waals surface area contributed by atoms with Crippen molar-refractivity contribution in [1.29, 1.82) is 0 Å². The lowest BCUT2D eigenvalue weighted by Gasteiger charge is -2.37. The molecule has 1 aliphatic heterocycles. The monoisotopic (exact) mass is 237 g/mol. The van der Waals surface area contributed by atoms with E-state index in [1.807, 2.05) is 4.68 Å². The van der Waals surface area contributed by atoms with E-state index in [0.29, 0.717) is 5.95 Å². The Morgan fingerprint density at radius 2 is 2.06 bits per heavy atom. The van der Waals surface area contributed by atoms with Crippen molar-refractivity contribution in [3.63, 3.8) is 0 Å². The lowest BCUT2D eigenvalue weighted by atomic mass is 10.1. The lowest BCUT2D eigenvalue weighted by molar-refractivity contribution is -0.114. The van der Waals surface area contributed by atoms with Crippen molar-refractivity contribution in [2.45, 2.75) is 46.3 Å². The van der Waals surface area contributed by atoms with Gasteiger partial charge in [-0.2, -0.15) is 4.98 Å². The number of amides is 1. The zero-order valence-corrected chi connectivity index (χ0v) is 10.8. The fraction of sp³-hybridized carbons (Fsp3) is 0.727. The van der Waals surface area contributed by atoms with Gasteiger partial charge in [-0.15, -0.1) is 5.10 Å². The van der Waals surface area contributed by atoms with Gasteiger partial charge in [0, 0.05) is 19.0 Å². The fourth-order valence-electron chi connectivity index (χ4n) is 1.92. The number of hydrogen-bond donors (Lipinski definition) is 1. The second kappa shape index (κ2) is 4.10. The molecule has 2 rings (SSSR count). The molecule has 17 heavy (non-hydrogen) atoms. The van der Waals surface area contributed by atoms with Gasteiger partial charge in [0.15, 0.2) is 0 Å². The van der Waals surface area contributed by atoms with Gasteiger partial charge < -0.3 is 0 Å². The Kier molecular flexibility index (Phi) is 2.91. The number of fused-ring (bicyclic) bond motifs is 1. The van der Waals surface area contributed by atoms with Crippen molar-refractivity contribution in [2.75, 3.05) is 11.9 Å². The third kappa shape index (κ3) is 2.63. The zero-order chi connectivity index (χ0) is 12.6. The minimum atomic E-state index is -0.138. The molecule has 0 unspecified atom stereocenters. The summed E-state index contributed by atoms with van der Waals surface area (Å²) in [6.45, 7) is 10.6. The first-order chi connectivity index (χ1) is 7.86. The molecule has 0 atom stereocenters. The average molecular weight is 237 g/mol. The molecule has 0 radical (unpaired) electrons. The Morgan fingerprint density at radius 1 is 1.35 bits per heavy atom. The summed E-state index contributed by atoms with van der Waals surface area (Å²) in [5, 5.41) is 6.87. The first-order valence-corrected chi connectivity index (χ1v) is 5.82. The van der Waals surface area contributed by atoms with Crippen molar-refractivity contribution in [3.05, 3.63) is 5.82 Å². The second-order valence-corrected chi connectivity index (χ2v) is 5.35. The molecule has 0 saturated carbocycles. The van der Waals surface area contributed by atoms with Crippen LogP contribution in [0.2, 0.25) is 0 Å². The van der Waals surface area contributed by atoms with Gasteiger partial charge in [-0.3, -0.25) is 15.0 Å². The Balaban J connectivity index is 2.15. The summed E-state index contributed by atoms with van der Waals surface area (Å²) in [5.41, 5.74) is 0.130. The van der Waals surface area contributed by atoms with Gasteiger partial charge in [-0.1, -0.05) is 0 Å². The van der Waals surface area contributed by atoms with Crippen molar-refractivity contribution < 1.29 is 4.79 Å². The summed E-state index contributed by atoms with van der Waals surface area (Å²) in [6.07, 6.45) is 0. The van der Waals surface area contributed by atoms with E-state index in [-0.39, 0.29) is 11.4 Å². The predicted molar refractivity (Wildman–Crippen MR) is 64.5 cm³/mol. The van der Waals surface area contributed by atoms with Crippen LogP contribution in [0.15, 0.2) is 0 Å². The van der Waals surface area contributed by atoms with Crippen LogP contribution < -0.4 is 5.32 Å². The number of nitrogens with zero attached hydrogens (tertiary/aromatic N) is 4. The molecule has 0 saturated heterocycles. The number of nitrogens with one attached hydrogen (secondary N) is 1. The molecule has 0 bridgehead atoms. The lowest BCUT2D eigenvalue weighted by Crippen LogP contribution is -2.46. The Morgan fingerprint density at radius 3 is 2.65 bits per heavy atom. The Bertz CT molecular complexity index is 432. The van der Waals surface area contributed by atoms with Crippen LogP contribution in [0.3, 0.4) is 0 Å². The van der Waals surface area contributed by atoms with E-state index >= 15 is 0 Å². The number of carbonyl (C=O) groups excluding carboxylic acids is 1. The summed E-state index contributed by atoms with van der Waals surface area (Å²) in [6, 6.07) is 0. The van der Waals surface area contributed by atoms with Crippen molar-refractivity contribution in [3.8, 4) is 0 Å². The van der Waals surface area contributed by atoms with E-state index in [4.69, 9.17) is 0 Å². The number of rotatable bonds is 1. The number of hydrogen-bond acceptors (Lipinski definition) is 4. The van der Waals surface area contributed by atoms with Crippen LogP contribution in [0.4, 0.5) is 5.95 Å². The maximum Gasteiger partial charge on any atom is 0.249 e. The Labute approximate surface area is 101 Å². The highest BCUT2D eigenvalue weighted by atomic mass is 16.1. The topological polar surface area (TPSA) is 63.1 Å². The number of aromatic nitrogens is 3. The molecule has 1 aromatic heterocycles. The number of anilines is 1. The molecule has 1 aliphatic rings. The highest BCUT2D eigenvalue weighted by Gasteiger charge is 2.27. The zero-order valence-electron chi connectivity index (χ0n) is 10.8. The van der Waals surface area contributed by atoms with Crippen molar-refractivity contribution in [2.24, 2.45) is 0 Å². The normalized spacial score (nSPS) is 16.7. The van der Waals surface area contributed by atoms with E-state index in [9.17, 15) is 4.79 Å². The molecule has 94 valence electrons. The molecule has 0 aliphatic carbocycles. The highest BCUT2D eigenvalue weighted by molar-refractivity contribution is 5.86. The van der Waals surface area contributed by atoms with Crippen LogP contribution in [-0.2, 0) is 17.9 Å². The van der Waals surface area contributed by atoms with Crippen LogP contribution in [0.1, 0.15) is 33.5 Å². The van der Waals surface area contributed by atoms with Gasteiger partial charge in [0.05, 0.1) is 13.1 Å². The molecular weight excluding hydrogens is 218 g/mol. The van der Waals surface area contributed by atoms with Gasteiger partial charge in [-0.05, 0) is 20.8 Å². The summed E-state index contributed by atoms with van der Waals surface area (Å²) < 4.78 is 1.87. The summed E-state index contributed by atoms with van der Waals surface area (Å²) >= 11 is 0. The quantitative estimate of drug-likeness (QED) is 0.786. The van der Waals surface area contributed by atoms with Gasteiger partial charge >= 0.3 is 0 Å². The van der Waals surface area contributed by atoms with Crippen LogP contribution in [0.5, 0.6) is 0 Å². The summed E-state index contributed by atoms with van der Waals surface area (Å²) in [5.74, 6) is 1.18. The van der Waals surface area contributed by atoms with E-state index in [0.717, 1.165) is 25.5 Å². The molecule has 1 aromatic rings. The molecule has 0 spiro atoms. The Hall–Kier alpha value is -1.43. The van der Waals surface area contributed by atoms with Crippen molar-refractivity contribution >= 4 is 11.9 Å². The summed E-state index contributed by atoms with van der Waals surface area (Å²) in [7, 11) is 0. The smallest absolute Gasteiger partial charge is 0.249 e. The minimum Gasteiger partial charge on any atom is -0.293 e. The SMILES string of the molecule is CC(=O)Nc1nc2n(n1)CCN(C(C)(C)C)C2. The molecule has 0 aromatic carbocycles. The largest absolute Gasteiger partial charge is 0.293 e. The van der Waals surface area contributed by atoms with Gasteiger partial charge in [0.1, 0.15) is 5.82 Å². The van der Waals surface area contributed by atoms with Gasteiger partial charge in [0.2, 0.25) is 11.9 Å². The highest BCUT2D eigenvalue weighted by Crippen LogP contribution is 2.20. The van der Waals surface area contributed by atoms with Gasteiger partial charge in [0.25, 0.3) is 0 Å². The molecule has 2 heterocycles. The predicted octanol–water partition coefficient (Wildman–Crippen LogP) is 0.851. The van der Waals surface area contributed by atoms with Crippen LogP contribution in [-0.4, -0.2) is 37.7 Å². The van der Waals surface area contributed by atoms with E-state index in [1.54, 1.807) is 0 Å². The maximum absolute atomic E-state index is 10.9. The van der Waals surface area contributed by atoms with E-state index in [2.05, 4.69) is 41.1 Å². The number of carbonyl (C=O) groups is 1. The van der Waals surface area contributed by atoms with Crippen LogP contribution >= 0.6 is 0 Å². The molecule has 6 nitrogen and oxygen atoms in total. The van der Waals surface area contributed by atoms with E-state index in [1.165, 1.54) is 6.92 Å². The first kappa shape index (κ1) is 12.0. The third-order valence-electron chi connectivity index (χ3n) is 2.90. The maximum atomic E-state index is 10.9. The summed E-state index contributed by atoms with van der Waals surface area (Å²) in [4.78, 5) is 17.6. The fourth-order valence-corrected chi connectivity index (χ4v) is 1.92. The second-order valence-electron chi connectivity index (χ2n) is 5.35. The van der Waals surface area contributed by atoms with Crippen molar-refractivity contribution in [1.82, 2.24) is 19.7 Å². The first-order valence-electron chi connectivity index (χ1n) is 5.82. The van der Waals surface area contributed by atoms with Crippen LogP contribution in [0, 0.1) is 0 Å². The molecule has 0 fully saturated rings. The molecular formula is C11H19N5O. The molecule has 1 amide bonds. The average Bonchev–Trinajstić information content (AvgIpc) is 2.55. The molecule has 1 N–H and O–H groups in total. The third-order valence-corrected chi connectivity index (χ3v) is 2.90.